The molecule has 0 fully saturated rings. The van der Waals surface area contributed by atoms with Gasteiger partial charge in [-0.15, -0.1) is 0 Å². The highest BCUT2D eigenvalue weighted by Crippen LogP contribution is 2.38. The summed E-state index contributed by atoms with van der Waals surface area (Å²) >= 11 is 0. The molecule has 0 aromatic heterocycles. The Balaban J connectivity index is 1.62. The lowest BCUT2D eigenvalue weighted by molar-refractivity contribution is 0.0733. The van der Waals surface area contributed by atoms with Crippen molar-refractivity contribution in [2.75, 3.05) is 14.2 Å². The van der Waals surface area contributed by atoms with Crippen molar-refractivity contribution in [3.05, 3.63) is 88.4 Å². The molecule has 0 unspecified atom stereocenters. The van der Waals surface area contributed by atoms with Crippen LogP contribution in [-0.2, 0) is 0 Å². The fraction of sp³-hybridized carbons (Fsp3) is 0.120. The molecule has 32 heavy (non-hydrogen) atoms. The van der Waals surface area contributed by atoms with Crippen molar-refractivity contribution in [1.82, 2.24) is 0 Å². The Kier molecular flexibility index (Phi) is 5.64. The van der Waals surface area contributed by atoms with Gasteiger partial charge in [0.05, 0.1) is 25.3 Å². The van der Waals surface area contributed by atoms with Crippen LogP contribution in [0, 0.1) is 12.7 Å². The van der Waals surface area contributed by atoms with Gasteiger partial charge in [-0.2, -0.15) is 0 Å². The molecule has 7 heteroatoms. The zero-order valence-corrected chi connectivity index (χ0v) is 17.6. The number of halogens is 1. The van der Waals surface area contributed by atoms with E-state index >= 15 is 0 Å². The Bertz CT molecular complexity index is 1240. The molecule has 3 aromatic rings. The first-order valence-corrected chi connectivity index (χ1v) is 9.68. The van der Waals surface area contributed by atoms with Crippen molar-refractivity contribution in [2.24, 2.45) is 0 Å². The van der Waals surface area contributed by atoms with Gasteiger partial charge in [-0.25, -0.2) is 9.18 Å². The molecule has 0 amide bonds. The van der Waals surface area contributed by atoms with Crippen LogP contribution in [0.1, 0.15) is 31.8 Å². The number of methoxy groups -OCH3 is 2. The van der Waals surface area contributed by atoms with E-state index in [0.717, 1.165) is 0 Å². The Hall–Kier alpha value is -4.13. The first-order valence-electron chi connectivity index (χ1n) is 9.68. The number of benzene rings is 3. The number of hydrogen-bond acceptors (Lipinski definition) is 6. The second-order valence-electron chi connectivity index (χ2n) is 7.07. The summed E-state index contributed by atoms with van der Waals surface area (Å²) in [5, 5.41) is 0. The maximum absolute atomic E-state index is 14.0. The van der Waals surface area contributed by atoms with Gasteiger partial charge in [0.25, 0.3) is 0 Å². The summed E-state index contributed by atoms with van der Waals surface area (Å²) in [4.78, 5) is 25.5. The third-order valence-electron chi connectivity index (χ3n) is 4.93. The zero-order valence-electron chi connectivity index (χ0n) is 17.6. The number of esters is 1. The topological polar surface area (TPSA) is 71.1 Å². The second kappa shape index (κ2) is 8.55. The van der Waals surface area contributed by atoms with E-state index in [1.165, 1.54) is 44.6 Å². The lowest BCUT2D eigenvalue weighted by Crippen LogP contribution is -2.09. The number of carbonyl (C=O) groups is 2. The Morgan fingerprint density at radius 2 is 1.66 bits per heavy atom. The first-order chi connectivity index (χ1) is 15.4. The molecule has 1 aliphatic heterocycles. The molecule has 0 radical (unpaired) electrons. The van der Waals surface area contributed by atoms with Crippen LogP contribution in [-0.4, -0.2) is 26.0 Å². The van der Waals surface area contributed by atoms with Crippen molar-refractivity contribution in [1.29, 1.82) is 0 Å². The lowest BCUT2D eigenvalue weighted by Gasteiger charge is -2.10. The van der Waals surface area contributed by atoms with E-state index in [9.17, 15) is 14.0 Å². The summed E-state index contributed by atoms with van der Waals surface area (Å²) in [5.41, 5.74) is 1.38. The third-order valence-corrected chi connectivity index (χ3v) is 4.93. The zero-order chi connectivity index (χ0) is 22.8. The predicted octanol–water partition coefficient (Wildman–Crippen LogP) is 4.99. The van der Waals surface area contributed by atoms with Crippen LogP contribution in [0.3, 0.4) is 0 Å². The number of rotatable bonds is 5. The van der Waals surface area contributed by atoms with Crippen LogP contribution < -0.4 is 18.9 Å². The highest BCUT2D eigenvalue weighted by molar-refractivity contribution is 6.15. The number of fused-ring (bicyclic) bond motifs is 1. The van der Waals surface area contributed by atoms with Gasteiger partial charge < -0.3 is 18.9 Å². The molecule has 1 aliphatic rings. The Morgan fingerprint density at radius 3 is 2.31 bits per heavy atom. The van der Waals surface area contributed by atoms with Gasteiger partial charge in [-0.3, -0.25) is 4.79 Å². The molecular formula is C25H19FO6. The molecule has 0 spiro atoms. The van der Waals surface area contributed by atoms with Crippen molar-refractivity contribution < 1.29 is 32.9 Å². The molecule has 0 saturated carbocycles. The van der Waals surface area contributed by atoms with E-state index in [0.29, 0.717) is 22.6 Å². The number of carbonyl (C=O) groups excluding carboxylic acids is 2. The van der Waals surface area contributed by atoms with E-state index in [2.05, 4.69) is 0 Å². The summed E-state index contributed by atoms with van der Waals surface area (Å²) in [7, 11) is 2.96. The molecule has 0 N–H and O–H groups in total. The van der Waals surface area contributed by atoms with Gasteiger partial charge in [-0.05, 0) is 42.8 Å². The Morgan fingerprint density at radius 1 is 0.969 bits per heavy atom. The van der Waals surface area contributed by atoms with Gasteiger partial charge in [0.15, 0.2) is 5.76 Å². The predicted molar refractivity (Wildman–Crippen MR) is 115 cm³/mol. The maximum atomic E-state index is 14.0. The summed E-state index contributed by atoms with van der Waals surface area (Å²) in [5.74, 6) is -0.140. The summed E-state index contributed by atoms with van der Waals surface area (Å²) in [6, 6.07) is 13.8. The first kappa shape index (κ1) is 21.1. The smallest absolute Gasteiger partial charge is 0.343 e. The summed E-state index contributed by atoms with van der Waals surface area (Å²) in [6.45, 7) is 1.71. The number of aryl methyl sites for hydroxylation is 1. The Labute approximate surface area is 183 Å². The number of allylic oxidation sites excluding steroid dienone is 1. The normalized spacial score (nSPS) is 13.5. The number of Topliss-reactive ketones (excluding diaryl/α,β-unsaturated/α-hetero) is 1. The largest absolute Gasteiger partial charge is 0.497 e. The number of ether oxygens (including phenoxy) is 4. The van der Waals surface area contributed by atoms with Gasteiger partial charge in [0, 0.05) is 17.7 Å². The van der Waals surface area contributed by atoms with Crippen LogP contribution in [0.15, 0.2) is 60.4 Å². The van der Waals surface area contributed by atoms with E-state index in [-0.39, 0.29) is 34.2 Å². The molecule has 0 saturated heterocycles. The molecule has 6 nitrogen and oxygen atoms in total. The van der Waals surface area contributed by atoms with Crippen LogP contribution in [0.2, 0.25) is 0 Å². The van der Waals surface area contributed by atoms with Crippen LogP contribution in [0.25, 0.3) is 6.08 Å². The van der Waals surface area contributed by atoms with Gasteiger partial charge in [-0.1, -0.05) is 18.2 Å². The molecular weight excluding hydrogens is 415 g/mol. The van der Waals surface area contributed by atoms with Crippen molar-refractivity contribution in [2.45, 2.75) is 6.92 Å². The molecule has 1 heterocycles. The quantitative estimate of drug-likeness (QED) is 0.320. The maximum Gasteiger partial charge on any atom is 0.343 e. The van der Waals surface area contributed by atoms with Crippen LogP contribution >= 0.6 is 0 Å². The summed E-state index contributed by atoms with van der Waals surface area (Å²) in [6.07, 6.45) is 1.35. The van der Waals surface area contributed by atoms with Crippen molar-refractivity contribution in [3.8, 4) is 23.0 Å². The van der Waals surface area contributed by atoms with Crippen molar-refractivity contribution >= 4 is 17.8 Å². The highest BCUT2D eigenvalue weighted by atomic mass is 19.1. The minimum Gasteiger partial charge on any atom is -0.497 e. The average Bonchev–Trinajstić information content (AvgIpc) is 3.10. The van der Waals surface area contributed by atoms with Gasteiger partial charge in [0.2, 0.25) is 5.78 Å². The van der Waals surface area contributed by atoms with E-state index in [4.69, 9.17) is 18.9 Å². The fourth-order valence-electron chi connectivity index (χ4n) is 3.36. The molecule has 0 atom stereocenters. The fourth-order valence-corrected chi connectivity index (χ4v) is 3.36. The standard InChI is InChI=1S/C25H19FO6/c1-14-8-19(31-25(28)16-9-17(29-2)12-18(10-16)30-3)13-21-23(14)24(27)22(32-21)11-15-6-4-5-7-20(15)26/h4-13H,1-3H3/b22-11-. The lowest BCUT2D eigenvalue weighted by atomic mass is 10.0. The second-order valence-corrected chi connectivity index (χ2v) is 7.07. The number of hydrogen-bond donors (Lipinski definition) is 0. The molecule has 0 bridgehead atoms. The van der Waals surface area contributed by atoms with Gasteiger partial charge >= 0.3 is 5.97 Å². The molecule has 4 rings (SSSR count). The molecule has 3 aromatic carbocycles. The summed E-state index contributed by atoms with van der Waals surface area (Å²) < 4.78 is 35.5. The minimum atomic E-state index is -0.631. The average molecular weight is 434 g/mol. The number of ketones is 1. The van der Waals surface area contributed by atoms with Crippen molar-refractivity contribution in [3.63, 3.8) is 0 Å². The monoisotopic (exact) mass is 434 g/mol. The van der Waals surface area contributed by atoms with E-state index < -0.39 is 11.8 Å². The van der Waals surface area contributed by atoms with Crippen LogP contribution in [0.4, 0.5) is 4.39 Å². The molecule has 0 aliphatic carbocycles. The van der Waals surface area contributed by atoms with Crippen LogP contribution in [0.5, 0.6) is 23.0 Å². The van der Waals surface area contributed by atoms with E-state index in [1.54, 1.807) is 37.3 Å². The SMILES string of the molecule is COc1cc(OC)cc(C(=O)Oc2cc(C)c3c(c2)O/C(=C\c2ccccc2F)C3=O)c1. The molecule has 162 valence electrons. The highest BCUT2D eigenvalue weighted by Gasteiger charge is 2.30. The minimum absolute atomic E-state index is 0.00536. The third kappa shape index (κ3) is 4.05. The van der Waals surface area contributed by atoms with Gasteiger partial charge in [0.1, 0.15) is 28.8 Å². The van der Waals surface area contributed by atoms with E-state index in [1.807, 2.05) is 0 Å².